The highest BCUT2D eigenvalue weighted by Crippen LogP contribution is 2.21. The van der Waals surface area contributed by atoms with E-state index in [2.05, 4.69) is 34.7 Å². The molecular formula is C18H31N3O3. The Morgan fingerprint density at radius 2 is 1.96 bits per heavy atom. The Labute approximate surface area is 145 Å². The number of ether oxygens (including phenoxy) is 3. The fourth-order valence-electron chi connectivity index (χ4n) is 2.06. The molecule has 0 heterocycles. The van der Waals surface area contributed by atoms with Crippen LogP contribution in [0.5, 0.6) is 5.75 Å². The van der Waals surface area contributed by atoms with Gasteiger partial charge < -0.3 is 24.8 Å². The minimum absolute atomic E-state index is 0.542. The van der Waals surface area contributed by atoms with Gasteiger partial charge in [-0.1, -0.05) is 12.1 Å². The molecule has 24 heavy (non-hydrogen) atoms. The number of aryl methyl sites for hydroxylation is 1. The summed E-state index contributed by atoms with van der Waals surface area (Å²) in [5, 5.41) is 6.46. The molecule has 6 nitrogen and oxygen atoms in total. The molecule has 0 unspecified atom stereocenters. The van der Waals surface area contributed by atoms with Crippen LogP contribution in [0.1, 0.15) is 25.0 Å². The number of nitrogens with one attached hydrogen (secondary N) is 2. The molecule has 1 rings (SSSR count). The van der Waals surface area contributed by atoms with Gasteiger partial charge in [-0.2, -0.15) is 0 Å². The maximum Gasteiger partial charge on any atom is 0.191 e. The molecule has 0 spiro atoms. The average molecular weight is 337 g/mol. The lowest BCUT2D eigenvalue weighted by atomic mass is 10.1. The van der Waals surface area contributed by atoms with Crippen molar-refractivity contribution in [3.63, 3.8) is 0 Å². The first-order valence-electron chi connectivity index (χ1n) is 8.52. The lowest BCUT2D eigenvalue weighted by Crippen LogP contribution is -2.38. The maximum atomic E-state index is 5.86. The zero-order chi connectivity index (χ0) is 17.6. The van der Waals surface area contributed by atoms with Crippen molar-refractivity contribution in [1.82, 2.24) is 10.6 Å². The molecule has 0 atom stereocenters. The summed E-state index contributed by atoms with van der Waals surface area (Å²) < 4.78 is 16.2. The van der Waals surface area contributed by atoms with Gasteiger partial charge in [0.15, 0.2) is 5.96 Å². The van der Waals surface area contributed by atoms with Crippen molar-refractivity contribution in [2.75, 3.05) is 46.6 Å². The molecule has 0 aromatic heterocycles. The van der Waals surface area contributed by atoms with Crippen molar-refractivity contribution >= 4 is 5.96 Å². The smallest absolute Gasteiger partial charge is 0.191 e. The second-order valence-corrected chi connectivity index (χ2v) is 5.27. The van der Waals surface area contributed by atoms with E-state index < -0.39 is 0 Å². The molecule has 0 radical (unpaired) electrons. The van der Waals surface area contributed by atoms with E-state index in [0.29, 0.717) is 39.5 Å². The highest BCUT2D eigenvalue weighted by molar-refractivity contribution is 5.79. The Morgan fingerprint density at radius 3 is 2.67 bits per heavy atom. The fraction of sp³-hybridized carbons (Fsp3) is 0.611. The molecule has 0 aliphatic heterocycles. The zero-order valence-corrected chi connectivity index (χ0v) is 15.4. The third-order valence-electron chi connectivity index (χ3n) is 3.26. The van der Waals surface area contributed by atoms with E-state index in [9.17, 15) is 0 Å². The van der Waals surface area contributed by atoms with Crippen molar-refractivity contribution in [3.8, 4) is 5.75 Å². The summed E-state index contributed by atoms with van der Waals surface area (Å²) in [6, 6.07) is 6.18. The molecule has 0 saturated heterocycles. The van der Waals surface area contributed by atoms with Gasteiger partial charge in [0, 0.05) is 32.4 Å². The van der Waals surface area contributed by atoms with Gasteiger partial charge in [-0.15, -0.1) is 0 Å². The first-order chi connectivity index (χ1) is 11.7. The van der Waals surface area contributed by atoms with Gasteiger partial charge in [0.2, 0.25) is 0 Å². The van der Waals surface area contributed by atoms with E-state index in [1.54, 1.807) is 7.11 Å². The van der Waals surface area contributed by atoms with Crippen LogP contribution in [0, 0.1) is 6.92 Å². The Hall–Kier alpha value is -1.79. The average Bonchev–Trinajstić information content (AvgIpc) is 2.58. The Bertz CT molecular complexity index is 492. The van der Waals surface area contributed by atoms with Crippen molar-refractivity contribution in [2.45, 2.75) is 27.3 Å². The predicted octanol–water partition coefficient (Wildman–Crippen LogP) is 2.11. The van der Waals surface area contributed by atoms with Gasteiger partial charge in [-0.3, -0.25) is 0 Å². The molecule has 2 N–H and O–H groups in total. The van der Waals surface area contributed by atoms with Crippen LogP contribution in [-0.2, 0) is 16.0 Å². The number of methoxy groups -OCH3 is 1. The molecule has 0 saturated carbocycles. The van der Waals surface area contributed by atoms with Crippen LogP contribution in [0.15, 0.2) is 23.2 Å². The third-order valence-corrected chi connectivity index (χ3v) is 3.26. The standard InChI is InChI=1S/C18H31N3O3/c1-5-19-18(20-9-10-22-4)21-14-16-8-7-15(3)13-17(16)24-12-11-23-6-2/h7-8,13H,5-6,9-12,14H2,1-4H3,(H2,19,20,21). The lowest BCUT2D eigenvalue weighted by Gasteiger charge is -2.13. The van der Waals surface area contributed by atoms with Gasteiger partial charge in [0.25, 0.3) is 0 Å². The van der Waals surface area contributed by atoms with Crippen LogP contribution in [0.2, 0.25) is 0 Å². The van der Waals surface area contributed by atoms with E-state index in [1.807, 2.05) is 19.9 Å². The summed E-state index contributed by atoms with van der Waals surface area (Å²) in [5.74, 6) is 1.64. The van der Waals surface area contributed by atoms with Crippen molar-refractivity contribution in [1.29, 1.82) is 0 Å². The fourth-order valence-corrected chi connectivity index (χ4v) is 2.06. The molecule has 1 aromatic rings. The first-order valence-corrected chi connectivity index (χ1v) is 8.52. The molecule has 0 amide bonds. The first kappa shape index (κ1) is 20.3. The van der Waals surface area contributed by atoms with Crippen molar-refractivity contribution < 1.29 is 14.2 Å². The van der Waals surface area contributed by atoms with Gasteiger partial charge in [0.05, 0.1) is 19.8 Å². The van der Waals surface area contributed by atoms with E-state index >= 15 is 0 Å². The molecule has 1 aromatic carbocycles. The largest absolute Gasteiger partial charge is 0.491 e. The van der Waals surface area contributed by atoms with Crippen LogP contribution in [0.25, 0.3) is 0 Å². The second kappa shape index (κ2) is 12.6. The van der Waals surface area contributed by atoms with Crippen LogP contribution < -0.4 is 15.4 Å². The lowest BCUT2D eigenvalue weighted by molar-refractivity contribution is 0.110. The molecule has 0 aliphatic rings. The van der Waals surface area contributed by atoms with Gasteiger partial charge in [-0.05, 0) is 32.4 Å². The monoisotopic (exact) mass is 337 g/mol. The Morgan fingerprint density at radius 1 is 1.12 bits per heavy atom. The zero-order valence-electron chi connectivity index (χ0n) is 15.4. The van der Waals surface area contributed by atoms with Gasteiger partial charge in [0.1, 0.15) is 12.4 Å². The van der Waals surface area contributed by atoms with E-state index in [1.165, 1.54) is 5.56 Å². The minimum Gasteiger partial charge on any atom is -0.491 e. The topological polar surface area (TPSA) is 64.1 Å². The molecule has 6 heteroatoms. The molecule has 0 aliphatic carbocycles. The summed E-state index contributed by atoms with van der Waals surface area (Å²) in [6.07, 6.45) is 0. The Kier molecular flexibility index (Phi) is 10.6. The number of benzene rings is 1. The Balaban J connectivity index is 2.70. The van der Waals surface area contributed by atoms with E-state index in [0.717, 1.165) is 23.8 Å². The molecule has 0 bridgehead atoms. The second-order valence-electron chi connectivity index (χ2n) is 5.27. The van der Waals surface area contributed by atoms with Crippen LogP contribution >= 0.6 is 0 Å². The number of nitrogens with zero attached hydrogens (tertiary/aromatic N) is 1. The van der Waals surface area contributed by atoms with Crippen LogP contribution in [0.4, 0.5) is 0 Å². The number of aliphatic imine (C=N–C) groups is 1. The highest BCUT2D eigenvalue weighted by atomic mass is 16.5. The summed E-state index contributed by atoms with van der Waals surface area (Å²) in [4.78, 5) is 4.62. The van der Waals surface area contributed by atoms with Crippen LogP contribution in [-0.4, -0.2) is 52.6 Å². The summed E-state index contributed by atoms with van der Waals surface area (Å²) >= 11 is 0. The predicted molar refractivity (Wildman–Crippen MR) is 97.9 cm³/mol. The number of rotatable bonds is 11. The number of guanidine groups is 1. The molecular weight excluding hydrogens is 306 g/mol. The van der Waals surface area contributed by atoms with E-state index in [4.69, 9.17) is 14.2 Å². The highest BCUT2D eigenvalue weighted by Gasteiger charge is 2.05. The minimum atomic E-state index is 0.542. The molecule has 136 valence electrons. The van der Waals surface area contributed by atoms with Crippen molar-refractivity contribution in [2.24, 2.45) is 4.99 Å². The number of hydrogen-bond acceptors (Lipinski definition) is 4. The molecule has 0 fully saturated rings. The van der Waals surface area contributed by atoms with Crippen LogP contribution in [0.3, 0.4) is 0 Å². The maximum absolute atomic E-state index is 5.86. The third kappa shape index (κ3) is 8.17. The normalized spacial score (nSPS) is 11.4. The quantitative estimate of drug-likeness (QED) is 0.368. The summed E-state index contributed by atoms with van der Waals surface area (Å²) in [5.41, 5.74) is 2.22. The van der Waals surface area contributed by atoms with Crippen molar-refractivity contribution in [3.05, 3.63) is 29.3 Å². The van der Waals surface area contributed by atoms with Gasteiger partial charge >= 0.3 is 0 Å². The number of hydrogen-bond donors (Lipinski definition) is 2. The summed E-state index contributed by atoms with van der Waals surface area (Å²) in [6.45, 7) is 10.6. The van der Waals surface area contributed by atoms with E-state index in [-0.39, 0.29) is 0 Å². The van der Waals surface area contributed by atoms with Gasteiger partial charge in [-0.25, -0.2) is 4.99 Å². The SMILES string of the molecule is CCNC(=NCc1ccc(C)cc1OCCOCC)NCCOC. The summed E-state index contributed by atoms with van der Waals surface area (Å²) in [7, 11) is 1.68.